The molecular weight excluding hydrogens is 408 g/mol. The van der Waals surface area contributed by atoms with E-state index in [0.717, 1.165) is 32.1 Å². The van der Waals surface area contributed by atoms with E-state index in [1.165, 1.54) is 0 Å². The summed E-state index contributed by atoms with van der Waals surface area (Å²) >= 11 is 0. The van der Waals surface area contributed by atoms with Crippen LogP contribution in [-0.2, 0) is 9.53 Å². The molecule has 4 rings (SSSR count). The topological polar surface area (TPSA) is 75.1 Å². The number of aromatic nitrogens is 1. The summed E-state index contributed by atoms with van der Waals surface area (Å²) in [5.74, 6) is 0.504. The van der Waals surface area contributed by atoms with Crippen LogP contribution < -0.4 is 0 Å². The monoisotopic (exact) mass is 444 g/mol. The largest absolute Gasteiger partial charge is 0.444 e. The Hall–Kier alpha value is -2.51. The van der Waals surface area contributed by atoms with Gasteiger partial charge >= 0.3 is 6.09 Å². The van der Waals surface area contributed by atoms with Gasteiger partial charge in [0.05, 0.1) is 0 Å². The predicted molar refractivity (Wildman–Crippen MR) is 120 cm³/mol. The summed E-state index contributed by atoms with van der Waals surface area (Å²) in [5, 5.41) is 0. The van der Waals surface area contributed by atoms with Gasteiger partial charge in [-0.25, -0.2) is 4.79 Å². The summed E-state index contributed by atoms with van der Waals surface area (Å²) in [6, 6.07) is 3.99. The Morgan fingerprint density at radius 2 is 1.50 bits per heavy atom. The molecule has 0 bridgehead atoms. The number of likely N-dealkylation sites (tertiary alicyclic amines) is 1. The highest BCUT2D eigenvalue weighted by atomic mass is 16.6. The molecule has 0 radical (unpaired) electrons. The number of rotatable bonds is 3. The number of nitrogens with zero attached hydrogens (tertiary/aromatic N) is 4. The van der Waals surface area contributed by atoms with Crippen molar-refractivity contribution in [2.75, 3.05) is 39.3 Å². The molecule has 0 N–H and O–H groups in total. The fourth-order valence-corrected chi connectivity index (χ4v) is 4.75. The molecule has 8 heteroatoms. The smallest absolute Gasteiger partial charge is 0.410 e. The standard InChI is InChI=1S/C24H36N4O4/c1-24(2,3)32-23(31)27-12-9-19(10-13-27)28-11-5-8-20(28)22(30)26-16-14-25(15-17-26)21(29)18-6-4-7-18/h5,8,11,18-19H,4,6-7,9-10,12-17H2,1-3H3. The molecule has 1 aliphatic carbocycles. The predicted octanol–water partition coefficient (Wildman–Crippen LogP) is 3.14. The number of ether oxygens (including phenoxy) is 1. The Morgan fingerprint density at radius 1 is 0.875 bits per heavy atom. The van der Waals surface area contributed by atoms with Gasteiger partial charge in [-0.05, 0) is 58.6 Å². The summed E-state index contributed by atoms with van der Waals surface area (Å²) in [7, 11) is 0. The Bertz CT molecular complexity index is 838. The Kier molecular flexibility index (Phi) is 6.49. The van der Waals surface area contributed by atoms with E-state index in [1.807, 2.05) is 48.9 Å². The van der Waals surface area contributed by atoms with Gasteiger partial charge in [-0.2, -0.15) is 0 Å². The lowest BCUT2D eigenvalue weighted by Gasteiger charge is -2.38. The molecule has 8 nitrogen and oxygen atoms in total. The zero-order valence-electron chi connectivity index (χ0n) is 19.6. The van der Waals surface area contributed by atoms with Crippen LogP contribution in [-0.4, -0.2) is 82.0 Å². The van der Waals surface area contributed by atoms with Crippen molar-refractivity contribution in [2.24, 2.45) is 5.92 Å². The third-order valence-corrected chi connectivity index (χ3v) is 6.84. The van der Waals surface area contributed by atoms with Crippen molar-refractivity contribution in [2.45, 2.75) is 64.5 Å². The SMILES string of the molecule is CC(C)(C)OC(=O)N1CCC(n2cccc2C(=O)N2CCN(C(=O)C3CCC3)CC2)CC1. The first-order valence-electron chi connectivity index (χ1n) is 12.0. The maximum atomic E-state index is 13.2. The van der Waals surface area contributed by atoms with E-state index < -0.39 is 5.60 Å². The van der Waals surface area contributed by atoms with E-state index in [2.05, 4.69) is 4.57 Å². The lowest BCUT2D eigenvalue weighted by molar-refractivity contribution is -0.139. The van der Waals surface area contributed by atoms with Crippen molar-refractivity contribution >= 4 is 17.9 Å². The Morgan fingerprint density at radius 3 is 2.06 bits per heavy atom. The van der Waals surface area contributed by atoms with Gasteiger partial charge in [0.1, 0.15) is 11.3 Å². The van der Waals surface area contributed by atoms with Crippen molar-refractivity contribution < 1.29 is 19.1 Å². The van der Waals surface area contributed by atoms with Crippen LogP contribution in [0, 0.1) is 5.92 Å². The van der Waals surface area contributed by atoms with Gasteiger partial charge in [0.25, 0.3) is 5.91 Å². The zero-order chi connectivity index (χ0) is 22.9. The molecule has 3 heterocycles. The molecule has 176 valence electrons. The molecule has 1 saturated carbocycles. The Balaban J connectivity index is 1.31. The summed E-state index contributed by atoms with van der Waals surface area (Å²) < 4.78 is 7.56. The molecule has 3 aliphatic rings. The molecule has 32 heavy (non-hydrogen) atoms. The van der Waals surface area contributed by atoms with Crippen molar-refractivity contribution in [1.82, 2.24) is 19.3 Å². The summed E-state index contributed by atoms with van der Waals surface area (Å²) in [4.78, 5) is 43.6. The van der Waals surface area contributed by atoms with E-state index in [1.54, 1.807) is 4.90 Å². The van der Waals surface area contributed by atoms with E-state index in [0.29, 0.717) is 45.0 Å². The van der Waals surface area contributed by atoms with Crippen molar-refractivity contribution in [3.8, 4) is 0 Å². The first-order valence-corrected chi connectivity index (χ1v) is 12.0. The van der Waals surface area contributed by atoms with Gasteiger partial charge < -0.3 is 24.0 Å². The molecule has 3 fully saturated rings. The fraction of sp³-hybridized carbons (Fsp3) is 0.708. The van der Waals surface area contributed by atoms with Crippen LogP contribution in [0.4, 0.5) is 4.79 Å². The van der Waals surface area contributed by atoms with Crippen LogP contribution in [0.5, 0.6) is 0 Å². The minimum absolute atomic E-state index is 0.0281. The number of hydrogen-bond donors (Lipinski definition) is 0. The van der Waals surface area contributed by atoms with Crippen LogP contribution in [0.3, 0.4) is 0 Å². The molecule has 0 unspecified atom stereocenters. The number of hydrogen-bond acceptors (Lipinski definition) is 4. The lowest BCUT2D eigenvalue weighted by atomic mass is 9.84. The second-order valence-electron chi connectivity index (χ2n) is 10.2. The molecular formula is C24H36N4O4. The molecule has 0 spiro atoms. The van der Waals surface area contributed by atoms with Gasteiger partial charge in [0, 0.05) is 57.4 Å². The van der Waals surface area contributed by atoms with Gasteiger partial charge in [-0.15, -0.1) is 0 Å². The maximum Gasteiger partial charge on any atom is 0.410 e. The van der Waals surface area contributed by atoms with Crippen molar-refractivity contribution in [3.63, 3.8) is 0 Å². The third kappa shape index (κ3) is 4.94. The molecule has 1 aromatic heterocycles. The summed E-state index contributed by atoms with van der Waals surface area (Å²) in [6.45, 7) is 9.27. The highest BCUT2D eigenvalue weighted by Gasteiger charge is 2.33. The van der Waals surface area contributed by atoms with E-state index >= 15 is 0 Å². The molecule has 2 aliphatic heterocycles. The molecule has 3 amide bonds. The minimum atomic E-state index is -0.500. The normalized spacial score (nSPS) is 20.8. The fourth-order valence-electron chi connectivity index (χ4n) is 4.75. The average Bonchev–Trinajstić information content (AvgIpc) is 3.21. The highest BCUT2D eigenvalue weighted by molar-refractivity contribution is 5.93. The van der Waals surface area contributed by atoms with Crippen LogP contribution in [0.1, 0.15) is 69.4 Å². The minimum Gasteiger partial charge on any atom is -0.444 e. The highest BCUT2D eigenvalue weighted by Crippen LogP contribution is 2.29. The van der Waals surface area contributed by atoms with Gasteiger partial charge in [-0.1, -0.05) is 6.42 Å². The zero-order valence-corrected chi connectivity index (χ0v) is 19.6. The number of carbonyl (C=O) groups is 3. The quantitative estimate of drug-likeness (QED) is 0.718. The molecule has 1 aromatic rings. The van der Waals surface area contributed by atoms with Gasteiger partial charge in [0.15, 0.2) is 0 Å². The second-order valence-corrected chi connectivity index (χ2v) is 10.2. The van der Waals surface area contributed by atoms with Crippen LogP contribution in [0.2, 0.25) is 0 Å². The number of piperidine rings is 1. The number of amides is 3. The Labute approximate surface area is 190 Å². The second kappa shape index (κ2) is 9.16. The van der Waals surface area contributed by atoms with Gasteiger partial charge in [-0.3, -0.25) is 9.59 Å². The van der Waals surface area contributed by atoms with E-state index in [9.17, 15) is 14.4 Å². The van der Waals surface area contributed by atoms with Crippen LogP contribution >= 0.6 is 0 Å². The summed E-state index contributed by atoms with van der Waals surface area (Å²) in [6.07, 6.45) is 6.46. The van der Waals surface area contributed by atoms with Crippen molar-refractivity contribution in [1.29, 1.82) is 0 Å². The summed E-state index contributed by atoms with van der Waals surface area (Å²) in [5.41, 5.74) is 0.194. The molecule has 2 saturated heterocycles. The first kappa shape index (κ1) is 22.7. The van der Waals surface area contributed by atoms with E-state index in [-0.39, 0.29) is 29.9 Å². The van der Waals surface area contributed by atoms with E-state index in [4.69, 9.17) is 4.74 Å². The lowest BCUT2D eigenvalue weighted by Crippen LogP contribution is -2.52. The van der Waals surface area contributed by atoms with Gasteiger partial charge in [0.2, 0.25) is 5.91 Å². The first-order chi connectivity index (χ1) is 15.2. The average molecular weight is 445 g/mol. The van der Waals surface area contributed by atoms with Crippen LogP contribution in [0.15, 0.2) is 18.3 Å². The molecule has 0 atom stereocenters. The number of carbonyl (C=O) groups excluding carboxylic acids is 3. The third-order valence-electron chi connectivity index (χ3n) is 6.84. The molecule has 0 aromatic carbocycles. The maximum absolute atomic E-state index is 13.2. The van der Waals surface area contributed by atoms with Crippen molar-refractivity contribution in [3.05, 3.63) is 24.0 Å². The number of piperazine rings is 1. The van der Waals surface area contributed by atoms with Crippen LogP contribution in [0.25, 0.3) is 0 Å².